The van der Waals surface area contributed by atoms with Crippen LogP contribution in [0.15, 0.2) is 48.5 Å². The van der Waals surface area contributed by atoms with Crippen molar-refractivity contribution in [2.75, 3.05) is 0 Å². The van der Waals surface area contributed by atoms with Gasteiger partial charge in [0, 0.05) is 10.8 Å². The molecule has 5 heteroatoms. The van der Waals surface area contributed by atoms with E-state index in [1.807, 2.05) is 48.5 Å². The van der Waals surface area contributed by atoms with Crippen molar-refractivity contribution in [1.82, 2.24) is 9.88 Å². The minimum Gasteiger partial charge on any atom is -0.480 e. The molecule has 1 amide bonds. The summed E-state index contributed by atoms with van der Waals surface area (Å²) in [6, 6.07) is 13.7. The second kappa shape index (κ2) is 4.94. The Labute approximate surface area is 120 Å². The second-order valence-electron chi connectivity index (χ2n) is 4.88. The molecule has 0 saturated heterocycles. The molecule has 0 spiro atoms. The Morgan fingerprint density at radius 2 is 1.48 bits per heavy atom. The molecule has 1 aromatic heterocycles. The molecule has 1 heterocycles. The highest BCUT2D eigenvalue weighted by atomic mass is 16.4. The van der Waals surface area contributed by atoms with Gasteiger partial charge in [-0.2, -0.15) is 0 Å². The van der Waals surface area contributed by atoms with E-state index in [4.69, 9.17) is 5.11 Å². The molecule has 0 bridgehead atoms. The van der Waals surface area contributed by atoms with Crippen molar-refractivity contribution >= 4 is 33.8 Å². The normalized spacial score (nSPS) is 12.4. The van der Waals surface area contributed by atoms with Crippen molar-refractivity contribution in [3.63, 3.8) is 0 Å². The van der Waals surface area contributed by atoms with Crippen LogP contribution < -0.4 is 5.32 Å². The highest BCUT2D eigenvalue weighted by molar-refractivity contribution is 6.13. The van der Waals surface area contributed by atoms with Crippen molar-refractivity contribution < 1.29 is 14.7 Å². The Morgan fingerprint density at radius 1 is 1.00 bits per heavy atom. The van der Waals surface area contributed by atoms with E-state index in [0.717, 1.165) is 21.8 Å². The number of nitrogens with one attached hydrogen (secondary N) is 1. The quantitative estimate of drug-likeness (QED) is 0.759. The van der Waals surface area contributed by atoms with Gasteiger partial charge in [-0.15, -0.1) is 0 Å². The fourth-order valence-electron chi connectivity index (χ4n) is 2.45. The molecule has 0 unspecified atom stereocenters. The van der Waals surface area contributed by atoms with Crippen LogP contribution in [0, 0.1) is 0 Å². The second-order valence-corrected chi connectivity index (χ2v) is 4.88. The number of aliphatic carboxylic acids is 1. The zero-order valence-corrected chi connectivity index (χ0v) is 11.4. The van der Waals surface area contributed by atoms with E-state index in [2.05, 4.69) is 5.32 Å². The third-order valence-corrected chi connectivity index (χ3v) is 3.49. The van der Waals surface area contributed by atoms with E-state index < -0.39 is 18.0 Å². The largest absolute Gasteiger partial charge is 0.480 e. The highest BCUT2D eigenvalue weighted by Crippen LogP contribution is 2.28. The molecule has 0 radical (unpaired) electrons. The number of amides is 1. The van der Waals surface area contributed by atoms with Gasteiger partial charge in [0.25, 0.3) is 0 Å². The number of rotatable bonds is 2. The Kier molecular flexibility index (Phi) is 3.10. The monoisotopic (exact) mass is 282 g/mol. The number of carbonyl (C=O) groups is 2. The number of hydrogen-bond donors (Lipinski definition) is 2. The maximum Gasteiger partial charge on any atom is 0.327 e. The zero-order chi connectivity index (χ0) is 15.0. The third kappa shape index (κ3) is 2.12. The number of hydrogen-bond acceptors (Lipinski definition) is 2. The summed E-state index contributed by atoms with van der Waals surface area (Å²) in [7, 11) is 0. The lowest BCUT2D eigenvalue weighted by atomic mass is 10.2. The van der Waals surface area contributed by atoms with Crippen LogP contribution in [0.3, 0.4) is 0 Å². The van der Waals surface area contributed by atoms with Gasteiger partial charge < -0.3 is 10.4 Å². The lowest BCUT2D eigenvalue weighted by Gasteiger charge is -2.11. The Morgan fingerprint density at radius 3 is 1.95 bits per heavy atom. The summed E-state index contributed by atoms with van der Waals surface area (Å²) in [6.45, 7) is 1.44. The molecule has 3 rings (SSSR count). The lowest BCUT2D eigenvalue weighted by Crippen LogP contribution is -2.40. The van der Waals surface area contributed by atoms with E-state index >= 15 is 0 Å². The summed E-state index contributed by atoms with van der Waals surface area (Å²) in [5.74, 6) is -1.07. The van der Waals surface area contributed by atoms with Gasteiger partial charge in [0.15, 0.2) is 0 Å². The summed E-state index contributed by atoms with van der Waals surface area (Å²) < 4.78 is 1.52. The average molecular weight is 282 g/mol. The van der Waals surface area contributed by atoms with Gasteiger partial charge in [0.05, 0.1) is 11.0 Å². The van der Waals surface area contributed by atoms with Gasteiger partial charge in [-0.1, -0.05) is 36.4 Å². The first kappa shape index (κ1) is 13.2. The Hall–Kier alpha value is -2.82. The Bertz CT molecular complexity index is 798. The molecule has 106 valence electrons. The number of nitrogens with zero attached hydrogens (tertiary/aromatic N) is 1. The van der Waals surface area contributed by atoms with Gasteiger partial charge in [0.2, 0.25) is 0 Å². The minimum atomic E-state index is -1.07. The predicted molar refractivity (Wildman–Crippen MR) is 80.5 cm³/mol. The molecule has 0 aliphatic carbocycles. The van der Waals surface area contributed by atoms with Gasteiger partial charge >= 0.3 is 12.0 Å². The maximum absolute atomic E-state index is 12.4. The summed E-state index contributed by atoms with van der Waals surface area (Å²) in [4.78, 5) is 23.3. The van der Waals surface area contributed by atoms with E-state index in [0.29, 0.717) is 0 Å². The number of carbonyl (C=O) groups excluding carboxylic acids is 1. The van der Waals surface area contributed by atoms with E-state index in [9.17, 15) is 9.59 Å². The summed E-state index contributed by atoms with van der Waals surface area (Å²) in [6.07, 6.45) is 0. The number of carboxylic acid groups (broad SMARTS) is 1. The molecule has 0 fully saturated rings. The minimum absolute atomic E-state index is 0.442. The van der Waals surface area contributed by atoms with Crippen LogP contribution in [0.1, 0.15) is 6.92 Å². The molecule has 2 N–H and O–H groups in total. The van der Waals surface area contributed by atoms with Crippen LogP contribution in [-0.4, -0.2) is 27.7 Å². The topological polar surface area (TPSA) is 71.3 Å². The third-order valence-electron chi connectivity index (χ3n) is 3.49. The molecule has 3 aromatic rings. The standard InChI is InChI=1S/C16H14N2O3/c1-10(15(19)20)17-16(21)18-13-8-4-2-6-11(13)12-7-3-5-9-14(12)18/h2-10H,1H3,(H,17,21)(H,19,20)/t10-/m1/s1. The number of fused-ring (bicyclic) bond motifs is 3. The fourth-order valence-corrected chi connectivity index (χ4v) is 2.45. The lowest BCUT2D eigenvalue weighted by molar-refractivity contribution is -0.138. The van der Waals surface area contributed by atoms with Crippen molar-refractivity contribution in [3.8, 4) is 0 Å². The molecule has 0 aliphatic rings. The van der Waals surface area contributed by atoms with Crippen molar-refractivity contribution in [2.24, 2.45) is 0 Å². The summed E-state index contributed by atoms with van der Waals surface area (Å²) in [5, 5.41) is 13.3. The molecule has 5 nitrogen and oxygen atoms in total. The SMILES string of the molecule is C[C@@H](NC(=O)n1c2ccccc2c2ccccc21)C(=O)O. The summed E-state index contributed by atoms with van der Waals surface area (Å²) >= 11 is 0. The number of para-hydroxylation sites is 2. The average Bonchev–Trinajstić information content (AvgIpc) is 2.81. The van der Waals surface area contributed by atoms with Crippen LogP contribution in [0.5, 0.6) is 0 Å². The van der Waals surface area contributed by atoms with Crippen LogP contribution in [0.4, 0.5) is 4.79 Å². The summed E-state index contributed by atoms with van der Waals surface area (Å²) in [5.41, 5.74) is 1.52. The van der Waals surface area contributed by atoms with Gasteiger partial charge in [-0.05, 0) is 19.1 Å². The van der Waals surface area contributed by atoms with Gasteiger partial charge in [0.1, 0.15) is 6.04 Å². The Balaban J connectivity index is 2.20. The number of benzene rings is 2. The van der Waals surface area contributed by atoms with Crippen molar-refractivity contribution in [2.45, 2.75) is 13.0 Å². The van der Waals surface area contributed by atoms with Crippen LogP contribution in [0.25, 0.3) is 21.8 Å². The molecule has 0 aliphatic heterocycles. The fraction of sp³-hybridized carbons (Fsp3) is 0.125. The predicted octanol–water partition coefficient (Wildman–Crippen LogP) is 2.83. The molecule has 0 saturated carbocycles. The highest BCUT2D eigenvalue weighted by Gasteiger charge is 2.19. The van der Waals surface area contributed by atoms with E-state index in [1.165, 1.54) is 11.5 Å². The van der Waals surface area contributed by atoms with Crippen LogP contribution >= 0.6 is 0 Å². The van der Waals surface area contributed by atoms with Crippen molar-refractivity contribution in [3.05, 3.63) is 48.5 Å². The zero-order valence-electron chi connectivity index (χ0n) is 11.4. The molecule has 2 aromatic carbocycles. The molecule has 1 atom stereocenters. The van der Waals surface area contributed by atoms with E-state index in [1.54, 1.807) is 0 Å². The first-order valence-corrected chi connectivity index (χ1v) is 6.61. The first-order valence-electron chi connectivity index (χ1n) is 6.61. The molecule has 21 heavy (non-hydrogen) atoms. The maximum atomic E-state index is 12.4. The van der Waals surface area contributed by atoms with Crippen LogP contribution in [0.2, 0.25) is 0 Å². The van der Waals surface area contributed by atoms with Gasteiger partial charge in [-0.25, -0.2) is 4.79 Å². The molecular weight excluding hydrogens is 268 g/mol. The first-order chi connectivity index (χ1) is 10.1. The van der Waals surface area contributed by atoms with Crippen molar-refractivity contribution in [1.29, 1.82) is 0 Å². The van der Waals surface area contributed by atoms with E-state index in [-0.39, 0.29) is 0 Å². The number of carboxylic acids is 1. The number of aromatic nitrogens is 1. The van der Waals surface area contributed by atoms with Gasteiger partial charge in [-0.3, -0.25) is 9.36 Å². The van der Waals surface area contributed by atoms with Crippen LogP contribution in [-0.2, 0) is 4.79 Å². The smallest absolute Gasteiger partial charge is 0.327 e. The molecular formula is C16H14N2O3.